The average Bonchev–Trinajstić information content (AvgIpc) is 3.50. The van der Waals surface area contributed by atoms with E-state index in [1.807, 2.05) is 72.8 Å². The van der Waals surface area contributed by atoms with Gasteiger partial charge in [0, 0.05) is 27.1 Å². The van der Waals surface area contributed by atoms with Crippen molar-refractivity contribution in [3.8, 4) is 22.3 Å². The third-order valence-electron chi connectivity index (χ3n) is 7.86. The monoisotopic (exact) mass is 526 g/mol. The average molecular weight is 527 g/mol. The topological polar surface area (TPSA) is 66.7 Å². The molecule has 2 aromatic heterocycles. The van der Waals surface area contributed by atoms with Gasteiger partial charge in [0.2, 0.25) is 0 Å². The Hall–Kier alpha value is -4.38. The second-order valence-corrected chi connectivity index (χ2v) is 11.6. The summed E-state index contributed by atoms with van der Waals surface area (Å²) in [6, 6.07) is 32.1. The van der Waals surface area contributed by atoms with Crippen LogP contribution in [0.5, 0.6) is 0 Å². The summed E-state index contributed by atoms with van der Waals surface area (Å²) in [6.45, 7) is 7.20. The lowest BCUT2D eigenvalue weighted by molar-refractivity contribution is 0.0753. The van der Waals surface area contributed by atoms with Crippen LogP contribution in [-0.2, 0) is 11.2 Å². The Labute approximate surface area is 232 Å². The maximum Gasteiger partial charge on any atom is 0.143 e. The molecular weight excluding hydrogens is 496 g/mol. The van der Waals surface area contributed by atoms with Crippen molar-refractivity contribution in [3.05, 3.63) is 108 Å². The minimum Gasteiger partial charge on any atom is -0.456 e. The molecule has 0 fully saturated rings. The molecule has 2 heterocycles. The zero-order chi connectivity index (χ0) is 27.8. The van der Waals surface area contributed by atoms with E-state index in [9.17, 15) is 10.2 Å². The van der Waals surface area contributed by atoms with Gasteiger partial charge in [-0.15, -0.1) is 0 Å². The molecule has 0 saturated carbocycles. The summed E-state index contributed by atoms with van der Waals surface area (Å²) in [7, 11) is 0. The minimum atomic E-state index is -1.18. The summed E-state index contributed by atoms with van der Waals surface area (Å²) in [5.74, 6) is 0. The lowest BCUT2D eigenvalue weighted by Crippen LogP contribution is -2.21. The molecule has 0 radical (unpaired) electrons. The van der Waals surface area contributed by atoms with E-state index in [2.05, 4.69) is 24.3 Å². The Balaban J connectivity index is 1.59. The van der Waals surface area contributed by atoms with Crippen LogP contribution in [0.2, 0.25) is 0 Å². The number of para-hydroxylation sites is 3. The molecule has 7 aromatic rings. The van der Waals surface area contributed by atoms with E-state index >= 15 is 0 Å². The zero-order valence-electron chi connectivity index (χ0n) is 22.9. The molecular formula is C36H30O4. The molecule has 0 atom stereocenters. The fraction of sp³-hybridized carbons (Fsp3) is 0.167. The molecule has 0 saturated heterocycles. The molecule has 7 rings (SSSR count). The van der Waals surface area contributed by atoms with Crippen LogP contribution in [0.1, 0.15) is 38.8 Å². The molecule has 40 heavy (non-hydrogen) atoms. The second-order valence-electron chi connectivity index (χ2n) is 11.6. The number of fused-ring (bicyclic) bond motifs is 6. The van der Waals surface area contributed by atoms with Crippen LogP contribution in [0.25, 0.3) is 66.1 Å². The number of furan rings is 2. The summed E-state index contributed by atoms with van der Waals surface area (Å²) in [5, 5.41) is 27.1. The quantitative estimate of drug-likeness (QED) is 0.240. The van der Waals surface area contributed by atoms with Gasteiger partial charge in [-0.1, -0.05) is 66.7 Å². The van der Waals surface area contributed by atoms with Crippen molar-refractivity contribution in [1.82, 2.24) is 0 Å². The number of benzene rings is 5. The van der Waals surface area contributed by atoms with Gasteiger partial charge >= 0.3 is 0 Å². The van der Waals surface area contributed by atoms with Gasteiger partial charge in [-0.05, 0) is 85.8 Å². The first-order valence-electron chi connectivity index (χ1n) is 13.6. The first-order chi connectivity index (χ1) is 19.1. The van der Waals surface area contributed by atoms with Crippen molar-refractivity contribution in [2.24, 2.45) is 0 Å². The highest BCUT2D eigenvalue weighted by Gasteiger charge is 2.30. The SMILES string of the molecule is CC(C)(O)c1cc(-c2cccc3oc4ccccc4c23)c(C(C)(C)O)cc1-c1cccc2c1oc1ccccc12. The lowest BCUT2D eigenvalue weighted by Gasteiger charge is -2.29. The molecule has 2 N–H and O–H groups in total. The number of aliphatic hydroxyl groups is 2. The van der Waals surface area contributed by atoms with E-state index in [1.165, 1.54) is 0 Å². The highest BCUT2D eigenvalue weighted by Crippen LogP contribution is 2.46. The molecule has 198 valence electrons. The van der Waals surface area contributed by atoms with Crippen LogP contribution in [0.3, 0.4) is 0 Å². The first-order valence-corrected chi connectivity index (χ1v) is 13.6. The van der Waals surface area contributed by atoms with Crippen LogP contribution in [0.4, 0.5) is 0 Å². The minimum absolute atomic E-state index is 0.744. The summed E-state index contributed by atoms with van der Waals surface area (Å²) < 4.78 is 12.6. The summed E-state index contributed by atoms with van der Waals surface area (Å²) >= 11 is 0. The number of hydrogen-bond acceptors (Lipinski definition) is 4. The van der Waals surface area contributed by atoms with Crippen molar-refractivity contribution >= 4 is 43.9 Å². The van der Waals surface area contributed by atoms with Crippen molar-refractivity contribution in [2.45, 2.75) is 38.9 Å². The highest BCUT2D eigenvalue weighted by atomic mass is 16.3. The van der Waals surface area contributed by atoms with Gasteiger partial charge in [-0.2, -0.15) is 0 Å². The molecule has 0 amide bonds. The van der Waals surface area contributed by atoms with Gasteiger partial charge in [-0.3, -0.25) is 0 Å². The van der Waals surface area contributed by atoms with E-state index < -0.39 is 11.2 Å². The largest absolute Gasteiger partial charge is 0.456 e. The smallest absolute Gasteiger partial charge is 0.143 e. The zero-order valence-corrected chi connectivity index (χ0v) is 22.9. The molecule has 0 aliphatic carbocycles. The van der Waals surface area contributed by atoms with E-state index in [-0.39, 0.29) is 0 Å². The third-order valence-corrected chi connectivity index (χ3v) is 7.86. The Morgan fingerprint density at radius 3 is 1.65 bits per heavy atom. The maximum atomic E-state index is 11.6. The lowest BCUT2D eigenvalue weighted by atomic mass is 9.80. The Kier molecular flexibility index (Phi) is 5.27. The van der Waals surface area contributed by atoms with Crippen molar-refractivity contribution < 1.29 is 19.0 Å². The summed E-state index contributed by atoms with van der Waals surface area (Å²) in [6.07, 6.45) is 0. The predicted octanol–water partition coefficient (Wildman–Crippen LogP) is 9.27. The maximum absolute atomic E-state index is 11.6. The molecule has 4 nitrogen and oxygen atoms in total. The molecule has 0 bridgehead atoms. The van der Waals surface area contributed by atoms with Crippen LogP contribution in [0.15, 0.2) is 106 Å². The molecule has 0 aliphatic heterocycles. The van der Waals surface area contributed by atoms with Gasteiger partial charge in [-0.25, -0.2) is 0 Å². The van der Waals surface area contributed by atoms with Crippen molar-refractivity contribution in [2.75, 3.05) is 0 Å². The van der Waals surface area contributed by atoms with Crippen LogP contribution in [-0.4, -0.2) is 10.2 Å². The predicted molar refractivity (Wildman–Crippen MR) is 162 cm³/mol. The van der Waals surface area contributed by atoms with E-state index in [0.29, 0.717) is 0 Å². The van der Waals surface area contributed by atoms with Crippen LogP contribution < -0.4 is 0 Å². The van der Waals surface area contributed by atoms with Crippen LogP contribution >= 0.6 is 0 Å². The van der Waals surface area contributed by atoms with Gasteiger partial charge < -0.3 is 19.0 Å². The standard InChI is InChI=1S/C36H30O4/c1-35(2,37)28-20-27(24-15-9-14-23-21-11-5-7-16-30(21)40-34(23)24)29(36(3,4)38)19-26(28)22-13-10-18-32-33(22)25-12-6-8-17-31(25)39-32/h5-20,37-38H,1-4H3. The van der Waals surface area contributed by atoms with E-state index in [1.54, 1.807) is 27.7 Å². The fourth-order valence-electron chi connectivity index (χ4n) is 6.02. The number of rotatable bonds is 4. The van der Waals surface area contributed by atoms with Crippen molar-refractivity contribution in [1.29, 1.82) is 0 Å². The van der Waals surface area contributed by atoms with E-state index in [0.717, 1.165) is 77.3 Å². The fourth-order valence-corrected chi connectivity index (χ4v) is 6.02. The van der Waals surface area contributed by atoms with Gasteiger partial charge in [0.25, 0.3) is 0 Å². The molecule has 4 heteroatoms. The Bertz CT molecular complexity index is 2080. The van der Waals surface area contributed by atoms with Crippen molar-refractivity contribution in [3.63, 3.8) is 0 Å². The van der Waals surface area contributed by atoms with Gasteiger partial charge in [0.1, 0.15) is 22.3 Å². The van der Waals surface area contributed by atoms with Crippen LogP contribution in [0, 0.1) is 0 Å². The third kappa shape index (κ3) is 3.75. The normalized spacial score (nSPS) is 12.8. The molecule has 5 aromatic carbocycles. The second kappa shape index (κ2) is 8.56. The Morgan fingerprint density at radius 1 is 0.475 bits per heavy atom. The highest BCUT2D eigenvalue weighted by molar-refractivity contribution is 6.13. The first kappa shape index (κ1) is 24.6. The number of hydrogen-bond donors (Lipinski definition) is 2. The summed E-state index contributed by atoms with van der Waals surface area (Å²) in [5.41, 5.74) is 5.79. The Morgan fingerprint density at radius 2 is 0.975 bits per heavy atom. The molecule has 0 unspecified atom stereocenters. The van der Waals surface area contributed by atoms with E-state index in [4.69, 9.17) is 8.83 Å². The van der Waals surface area contributed by atoms with Gasteiger partial charge in [0.05, 0.1) is 11.2 Å². The summed E-state index contributed by atoms with van der Waals surface area (Å²) in [4.78, 5) is 0. The van der Waals surface area contributed by atoms with Gasteiger partial charge in [0.15, 0.2) is 0 Å². The molecule has 0 aliphatic rings. The molecule has 0 spiro atoms.